The molecular weight excluding hydrogens is 477 g/mol. The molecule has 0 amide bonds. The molecule has 11 heteroatoms. The molecule has 6 nitrogen and oxygen atoms in total. The minimum Gasteiger partial charge on any atom is -0.460 e. The van der Waals surface area contributed by atoms with Crippen molar-refractivity contribution in [3.05, 3.63) is 76.2 Å². The number of aryl methyl sites for hydroxylation is 1. The predicted molar refractivity (Wildman–Crippen MR) is 118 cm³/mol. The summed E-state index contributed by atoms with van der Waals surface area (Å²) in [4.78, 5) is 30.4. The Kier molecular flexibility index (Phi) is 6.99. The third kappa shape index (κ3) is 5.91. The molecule has 0 radical (unpaired) electrons. The van der Waals surface area contributed by atoms with Crippen LogP contribution in [-0.4, -0.2) is 33.4 Å². The number of ether oxygens (including phenoxy) is 2. The first-order valence-corrected chi connectivity index (χ1v) is 11.7. The van der Waals surface area contributed by atoms with E-state index in [1.54, 1.807) is 0 Å². The highest BCUT2D eigenvalue weighted by molar-refractivity contribution is 8.00. The number of esters is 1. The summed E-state index contributed by atoms with van der Waals surface area (Å²) in [6, 6.07) is 14.1. The van der Waals surface area contributed by atoms with Crippen molar-refractivity contribution >= 4 is 29.5 Å². The molecule has 33 heavy (non-hydrogen) atoms. The Labute approximate surface area is 195 Å². The number of benzene rings is 2. The van der Waals surface area contributed by atoms with Gasteiger partial charge in [0, 0.05) is 12.2 Å². The lowest BCUT2D eigenvalue weighted by Gasteiger charge is -2.14. The van der Waals surface area contributed by atoms with Crippen molar-refractivity contribution < 1.29 is 27.4 Å². The molecule has 0 saturated carbocycles. The van der Waals surface area contributed by atoms with Gasteiger partial charge in [0.15, 0.2) is 5.16 Å². The predicted octanol–water partition coefficient (Wildman–Crippen LogP) is 4.61. The lowest BCUT2D eigenvalue weighted by Crippen LogP contribution is -2.24. The van der Waals surface area contributed by atoms with Crippen LogP contribution in [0.5, 0.6) is 5.75 Å². The molecule has 4 rings (SSSR count). The molecule has 172 valence electrons. The first-order chi connectivity index (χ1) is 15.8. The lowest BCUT2D eigenvalue weighted by atomic mass is 10.2. The molecule has 0 unspecified atom stereocenters. The van der Waals surface area contributed by atoms with Crippen LogP contribution in [-0.2, 0) is 22.6 Å². The van der Waals surface area contributed by atoms with Gasteiger partial charge in [-0.05, 0) is 29.8 Å². The summed E-state index contributed by atoms with van der Waals surface area (Å²) in [6.07, 6.45) is -4.19. The van der Waals surface area contributed by atoms with E-state index in [2.05, 4.69) is 9.72 Å². The molecule has 0 spiro atoms. The van der Waals surface area contributed by atoms with Crippen LogP contribution in [0.15, 0.2) is 69.4 Å². The molecule has 0 N–H and O–H groups in total. The Hall–Kier alpha value is -2.92. The van der Waals surface area contributed by atoms with Gasteiger partial charge in [0.25, 0.3) is 5.56 Å². The second-order valence-corrected chi connectivity index (χ2v) is 8.93. The first-order valence-electron chi connectivity index (χ1n) is 9.77. The summed E-state index contributed by atoms with van der Waals surface area (Å²) in [5.74, 6) is -0.251. The number of hydrogen-bond donors (Lipinski definition) is 0. The third-order valence-electron chi connectivity index (χ3n) is 4.56. The molecular formula is C22H17F3N2O4S2. The highest BCUT2D eigenvalue weighted by Crippen LogP contribution is 2.31. The second-order valence-electron chi connectivity index (χ2n) is 6.89. The number of halogens is 3. The fourth-order valence-corrected chi connectivity index (χ4v) is 4.97. The molecule has 0 bridgehead atoms. The standard InChI is InChI=1S/C22H17F3N2O4S2/c23-22(24,25)31-16-8-6-15(7-9-16)27-20(29)19-17(10-11-32-19)26-21(27)33-13-18(28)30-12-14-4-2-1-3-5-14/h1-9H,10-13H2. The van der Waals surface area contributed by atoms with Gasteiger partial charge in [0.05, 0.1) is 22.0 Å². The van der Waals surface area contributed by atoms with Gasteiger partial charge in [-0.2, -0.15) is 0 Å². The van der Waals surface area contributed by atoms with E-state index in [4.69, 9.17) is 4.74 Å². The normalized spacial score (nSPS) is 12.9. The van der Waals surface area contributed by atoms with E-state index in [9.17, 15) is 22.8 Å². The molecule has 1 aliphatic heterocycles. The maximum Gasteiger partial charge on any atom is 0.573 e. The monoisotopic (exact) mass is 494 g/mol. The molecule has 2 aromatic carbocycles. The van der Waals surface area contributed by atoms with E-state index in [1.165, 1.54) is 28.5 Å². The highest BCUT2D eigenvalue weighted by atomic mass is 32.2. The SMILES string of the molecule is O=C(CSc1nc2c(c(=O)n1-c1ccc(OC(F)(F)F)cc1)SCC2)OCc1ccccc1. The number of aromatic nitrogens is 2. The van der Waals surface area contributed by atoms with E-state index in [-0.39, 0.29) is 23.1 Å². The van der Waals surface area contributed by atoms with Crippen LogP contribution >= 0.6 is 23.5 Å². The summed E-state index contributed by atoms with van der Waals surface area (Å²) >= 11 is 2.42. The molecule has 2 heterocycles. The van der Waals surface area contributed by atoms with Gasteiger partial charge < -0.3 is 9.47 Å². The van der Waals surface area contributed by atoms with Crippen LogP contribution in [0.4, 0.5) is 13.2 Å². The zero-order valence-electron chi connectivity index (χ0n) is 17.0. The summed E-state index contributed by atoms with van der Waals surface area (Å²) in [5.41, 5.74) is 1.49. The Balaban J connectivity index is 1.54. The second kappa shape index (κ2) is 9.92. The van der Waals surface area contributed by atoms with Crippen LogP contribution in [0.3, 0.4) is 0 Å². The highest BCUT2D eigenvalue weighted by Gasteiger charge is 2.31. The van der Waals surface area contributed by atoms with Crippen molar-refractivity contribution in [2.45, 2.75) is 29.4 Å². The Morgan fingerprint density at radius 3 is 2.55 bits per heavy atom. The van der Waals surface area contributed by atoms with Crippen LogP contribution < -0.4 is 10.3 Å². The number of carbonyl (C=O) groups excluding carboxylic acids is 1. The van der Waals surface area contributed by atoms with Gasteiger partial charge in [-0.25, -0.2) is 4.98 Å². The molecule has 0 fully saturated rings. The first kappa shape index (κ1) is 23.2. The van der Waals surface area contributed by atoms with Crippen LogP contribution in [0.2, 0.25) is 0 Å². The van der Waals surface area contributed by atoms with E-state index in [0.717, 1.165) is 29.5 Å². The van der Waals surface area contributed by atoms with Crippen LogP contribution in [0.25, 0.3) is 5.69 Å². The van der Waals surface area contributed by atoms with Crippen molar-refractivity contribution in [1.29, 1.82) is 0 Å². The molecule has 3 aromatic rings. The van der Waals surface area contributed by atoms with Crippen molar-refractivity contribution in [3.63, 3.8) is 0 Å². The van der Waals surface area contributed by atoms with E-state index < -0.39 is 18.1 Å². The van der Waals surface area contributed by atoms with E-state index in [1.807, 2.05) is 30.3 Å². The van der Waals surface area contributed by atoms with E-state index in [0.29, 0.717) is 28.5 Å². The number of fused-ring (bicyclic) bond motifs is 1. The molecule has 1 aromatic heterocycles. The van der Waals surface area contributed by atoms with Gasteiger partial charge in [0.1, 0.15) is 12.4 Å². The quantitative estimate of drug-likeness (QED) is 0.270. The van der Waals surface area contributed by atoms with Gasteiger partial charge >= 0.3 is 12.3 Å². The molecule has 0 saturated heterocycles. The van der Waals surface area contributed by atoms with Gasteiger partial charge in [-0.1, -0.05) is 42.1 Å². The van der Waals surface area contributed by atoms with Gasteiger partial charge in [-0.3, -0.25) is 14.2 Å². The van der Waals surface area contributed by atoms with Crippen LogP contribution in [0.1, 0.15) is 11.3 Å². The van der Waals surface area contributed by atoms with Crippen molar-refractivity contribution in [3.8, 4) is 11.4 Å². The molecule has 0 atom stereocenters. The topological polar surface area (TPSA) is 70.4 Å². The van der Waals surface area contributed by atoms with Crippen molar-refractivity contribution in [2.75, 3.05) is 11.5 Å². The zero-order chi connectivity index (χ0) is 23.4. The largest absolute Gasteiger partial charge is 0.573 e. The fraction of sp³-hybridized carbons (Fsp3) is 0.227. The molecule has 1 aliphatic rings. The van der Waals surface area contributed by atoms with E-state index >= 15 is 0 Å². The smallest absolute Gasteiger partial charge is 0.460 e. The van der Waals surface area contributed by atoms with Crippen LogP contribution in [0, 0.1) is 0 Å². The van der Waals surface area contributed by atoms with Crippen molar-refractivity contribution in [2.24, 2.45) is 0 Å². The average Bonchev–Trinajstić information content (AvgIpc) is 3.26. The summed E-state index contributed by atoms with van der Waals surface area (Å²) in [5, 5.41) is 0.266. The fourth-order valence-electron chi connectivity index (χ4n) is 3.12. The number of alkyl halides is 3. The summed E-state index contributed by atoms with van der Waals surface area (Å²) in [6.45, 7) is 0.127. The summed E-state index contributed by atoms with van der Waals surface area (Å²) < 4.78 is 47.8. The Morgan fingerprint density at radius 2 is 1.85 bits per heavy atom. The minimum atomic E-state index is -4.81. The van der Waals surface area contributed by atoms with Gasteiger partial charge in [0.2, 0.25) is 0 Å². The Morgan fingerprint density at radius 1 is 1.12 bits per heavy atom. The maximum atomic E-state index is 13.1. The average molecular weight is 495 g/mol. The lowest BCUT2D eigenvalue weighted by molar-refractivity contribution is -0.274. The number of hydrogen-bond acceptors (Lipinski definition) is 7. The maximum absolute atomic E-state index is 13.1. The Bertz CT molecular complexity index is 1200. The van der Waals surface area contributed by atoms with Crippen molar-refractivity contribution in [1.82, 2.24) is 9.55 Å². The number of rotatable bonds is 7. The number of thioether (sulfide) groups is 2. The number of carbonyl (C=O) groups is 1. The van der Waals surface area contributed by atoms with Gasteiger partial charge in [-0.15, -0.1) is 24.9 Å². The number of nitrogens with zero attached hydrogens (tertiary/aromatic N) is 2. The zero-order valence-corrected chi connectivity index (χ0v) is 18.6. The third-order valence-corrected chi connectivity index (χ3v) is 6.58. The summed E-state index contributed by atoms with van der Waals surface area (Å²) in [7, 11) is 0. The minimum absolute atomic E-state index is 0.0829. The molecule has 0 aliphatic carbocycles.